The molecule has 0 atom stereocenters. The van der Waals surface area contributed by atoms with Crippen LogP contribution in [0.4, 0.5) is 5.69 Å². The largest absolute Gasteiger partial charge is 0.482 e. The second-order valence-corrected chi connectivity index (χ2v) is 3.08. The van der Waals surface area contributed by atoms with Gasteiger partial charge in [-0.2, -0.15) is 0 Å². The smallest absolute Gasteiger partial charge is 0.343 e. The minimum Gasteiger partial charge on any atom is -0.482 e. The highest BCUT2D eigenvalue weighted by molar-refractivity contribution is 5.98. The average Bonchev–Trinajstić information content (AvgIpc) is 2.37. The molecule has 0 bridgehead atoms. The molecule has 0 heterocycles. The first-order chi connectivity index (χ1) is 8.15. The van der Waals surface area contributed by atoms with E-state index in [1.807, 2.05) is 0 Å². The molecule has 0 fully saturated rings. The van der Waals surface area contributed by atoms with E-state index in [0.717, 1.165) is 0 Å². The number of amides is 1. The van der Waals surface area contributed by atoms with Crippen LogP contribution in [0.1, 0.15) is 0 Å². The molecule has 0 radical (unpaired) electrons. The lowest BCUT2D eigenvalue weighted by Gasteiger charge is -2.06. The van der Waals surface area contributed by atoms with Gasteiger partial charge in [-0.25, -0.2) is 4.79 Å². The van der Waals surface area contributed by atoms with Crippen LogP contribution in [0.15, 0.2) is 36.9 Å². The molecule has 1 rings (SSSR count). The highest BCUT2D eigenvalue weighted by atomic mass is 16.6. The number of anilines is 1. The van der Waals surface area contributed by atoms with Gasteiger partial charge in [0.15, 0.2) is 6.61 Å². The summed E-state index contributed by atoms with van der Waals surface area (Å²) in [6.07, 6.45) is 1.18. The van der Waals surface area contributed by atoms with Crippen LogP contribution in [-0.4, -0.2) is 25.6 Å². The van der Waals surface area contributed by atoms with E-state index in [2.05, 4.69) is 16.6 Å². The molecular weight excluding hydrogens is 222 g/mol. The third-order valence-electron chi connectivity index (χ3n) is 1.89. The van der Waals surface area contributed by atoms with Gasteiger partial charge in [-0.15, -0.1) is 0 Å². The van der Waals surface area contributed by atoms with Crippen molar-refractivity contribution in [1.82, 2.24) is 0 Å². The monoisotopic (exact) mass is 235 g/mol. The molecule has 5 heteroatoms. The van der Waals surface area contributed by atoms with Crippen LogP contribution >= 0.6 is 0 Å². The molecule has 1 amide bonds. The Morgan fingerprint density at radius 3 is 2.53 bits per heavy atom. The molecule has 0 aliphatic heterocycles. The Balaban J connectivity index is 2.52. The van der Waals surface area contributed by atoms with E-state index >= 15 is 0 Å². The summed E-state index contributed by atoms with van der Waals surface area (Å²) in [6, 6.07) is 6.60. The van der Waals surface area contributed by atoms with Crippen molar-refractivity contribution in [3.05, 3.63) is 36.9 Å². The molecule has 1 aromatic carbocycles. The number of methoxy groups -OCH3 is 1. The number of nitrogens with one attached hydrogen (secondary N) is 1. The van der Waals surface area contributed by atoms with Gasteiger partial charge in [-0.1, -0.05) is 6.58 Å². The maximum absolute atomic E-state index is 11.0. The fourth-order valence-corrected chi connectivity index (χ4v) is 1.03. The first kappa shape index (κ1) is 12.8. The van der Waals surface area contributed by atoms with Crippen LogP contribution in [0.3, 0.4) is 0 Å². The van der Waals surface area contributed by atoms with Crippen LogP contribution in [0.5, 0.6) is 5.75 Å². The zero-order valence-electron chi connectivity index (χ0n) is 9.43. The van der Waals surface area contributed by atoms with E-state index in [-0.39, 0.29) is 12.5 Å². The maximum atomic E-state index is 11.0. The molecule has 90 valence electrons. The number of hydrogen-bond donors (Lipinski definition) is 1. The van der Waals surface area contributed by atoms with Gasteiger partial charge in [0.25, 0.3) is 0 Å². The highest BCUT2D eigenvalue weighted by Crippen LogP contribution is 2.15. The van der Waals surface area contributed by atoms with Crippen molar-refractivity contribution in [2.75, 3.05) is 19.0 Å². The van der Waals surface area contributed by atoms with Crippen molar-refractivity contribution in [2.24, 2.45) is 0 Å². The number of carbonyl (C=O) groups is 2. The van der Waals surface area contributed by atoms with Crippen molar-refractivity contribution >= 4 is 17.6 Å². The summed E-state index contributed by atoms with van der Waals surface area (Å²) in [4.78, 5) is 21.8. The Labute approximate surface area is 99.0 Å². The lowest BCUT2D eigenvalue weighted by atomic mass is 10.3. The second-order valence-electron chi connectivity index (χ2n) is 3.08. The maximum Gasteiger partial charge on any atom is 0.343 e. The third-order valence-corrected chi connectivity index (χ3v) is 1.89. The number of esters is 1. The van der Waals surface area contributed by atoms with Crippen LogP contribution in [0.25, 0.3) is 0 Å². The SMILES string of the molecule is C=CC(=O)Nc1ccc(OCC(=O)OC)cc1. The fraction of sp³-hybridized carbons (Fsp3) is 0.167. The van der Waals surface area contributed by atoms with Gasteiger partial charge in [-0.3, -0.25) is 4.79 Å². The quantitative estimate of drug-likeness (QED) is 0.618. The summed E-state index contributed by atoms with van der Waals surface area (Å²) in [6.45, 7) is 3.20. The predicted molar refractivity (Wildman–Crippen MR) is 62.8 cm³/mol. The molecule has 1 aromatic rings. The van der Waals surface area contributed by atoms with E-state index in [1.54, 1.807) is 24.3 Å². The predicted octanol–water partition coefficient (Wildman–Crippen LogP) is 1.36. The minimum absolute atomic E-state index is 0.144. The van der Waals surface area contributed by atoms with E-state index < -0.39 is 5.97 Å². The minimum atomic E-state index is -0.450. The molecule has 0 saturated heterocycles. The van der Waals surface area contributed by atoms with Crippen molar-refractivity contribution in [3.8, 4) is 5.75 Å². The standard InChI is InChI=1S/C12H13NO4/c1-3-11(14)13-9-4-6-10(7-5-9)17-8-12(15)16-2/h3-7H,1,8H2,2H3,(H,13,14). The summed E-state index contributed by atoms with van der Waals surface area (Å²) in [5.74, 6) is -0.214. The molecule has 0 aliphatic rings. The molecule has 17 heavy (non-hydrogen) atoms. The normalized spacial score (nSPS) is 9.24. The van der Waals surface area contributed by atoms with Crippen molar-refractivity contribution in [3.63, 3.8) is 0 Å². The Bertz CT molecular complexity index is 411. The number of ether oxygens (including phenoxy) is 2. The van der Waals surface area contributed by atoms with E-state index in [1.165, 1.54) is 13.2 Å². The van der Waals surface area contributed by atoms with Crippen molar-refractivity contribution < 1.29 is 19.1 Å². The summed E-state index contributed by atoms with van der Waals surface area (Å²) < 4.78 is 9.57. The average molecular weight is 235 g/mol. The molecule has 0 spiro atoms. The number of benzene rings is 1. The van der Waals surface area contributed by atoms with Gasteiger partial charge in [0.1, 0.15) is 5.75 Å². The summed E-state index contributed by atoms with van der Waals surface area (Å²) in [5, 5.41) is 2.59. The summed E-state index contributed by atoms with van der Waals surface area (Å²) in [7, 11) is 1.29. The zero-order valence-corrected chi connectivity index (χ0v) is 9.43. The number of rotatable bonds is 5. The van der Waals surface area contributed by atoms with Gasteiger partial charge in [0.2, 0.25) is 5.91 Å². The van der Waals surface area contributed by atoms with Crippen LogP contribution in [-0.2, 0) is 14.3 Å². The highest BCUT2D eigenvalue weighted by Gasteiger charge is 2.02. The van der Waals surface area contributed by atoms with Gasteiger partial charge in [-0.05, 0) is 30.3 Å². The van der Waals surface area contributed by atoms with Gasteiger partial charge in [0, 0.05) is 5.69 Å². The van der Waals surface area contributed by atoms with Crippen molar-refractivity contribution in [2.45, 2.75) is 0 Å². The number of hydrogen-bond acceptors (Lipinski definition) is 4. The van der Waals surface area contributed by atoms with Gasteiger partial charge < -0.3 is 14.8 Å². The molecular formula is C12H13NO4. The van der Waals surface area contributed by atoms with E-state index in [9.17, 15) is 9.59 Å². The molecule has 1 N–H and O–H groups in total. The molecule has 5 nitrogen and oxygen atoms in total. The third kappa shape index (κ3) is 4.38. The van der Waals surface area contributed by atoms with Crippen LogP contribution in [0, 0.1) is 0 Å². The molecule has 0 unspecified atom stereocenters. The lowest BCUT2D eigenvalue weighted by Crippen LogP contribution is -2.12. The lowest BCUT2D eigenvalue weighted by molar-refractivity contribution is -0.142. The van der Waals surface area contributed by atoms with Gasteiger partial charge in [0.05, 0.1) is 7.11 Å². The summed E-state index contributed by atoms with van der Waals surface area (Å²) >= 11 is 0. The second kappa shape index (κ2) is 6.32. The Hall–Kier alpha value is -2.30. The van der Waals surface area contributed by atoms with Crippen LogP contribution in [0.2, 0.25) is 0 Å². The van der Waals surface area contributed by atoms with E-state index in [0.29, 0.717) is 11.4 Å². The number of carbonyl (C=O) groups excluding carboxylic acids is 2. The zero-order chi connectivity index (χ0) is 12.7. The molecule has 0 saturated carbocycles. The molecule has 0 aromatic heterocycles. The first-order valence-corrected chi connectivity index (χ1v) is 4.89. The molecule has 0 aliphatic carbocycles. The summed E-state index contributed by atoms with van der Waals surface area (Å²) in [5.41, 5.74) is 0.625. The van der Waals surface area contributed by atoms with E-state index in [4.69, 9.17) is 4.74 Å². The topological polar surface area (TPSA) is 64.6 Å². The van der Waals surface area contributed by atoms with Crippen molar-refractivity contribution in [1.29, 1.82) is 0 Å². The van der Waals surface area contributed by atoms with Gasteiger partial charge >= 0.3 is 5.97 Å². The van der Waals surface area contributed by atoms with Crippen LogP contribution < -0.4 is 10.1 Å². The Kier molecular flexibility index (Phi) is 4.75. The Morgan fingerprint density at radius 2 is 2.00 bits per heavy atom. The first-order valence-electron chi connectivity index (χ1n) is 4.89. The fourth-order valence-electron chi connectivity index (χ4n) is 1.03. The Morgan fingerprint density at radius 1 is 1.35 bits per heavy atom.